The van der Waals surface area contributed by atoms with Crippen molar-refractivity contribution in [2.75, 3.05) is 19.7 Å². The number of imide groups is 1. The van der Waals surface area contributed by atoms with E-state index in [9.17, 15) is 14.4 Å². The van der Waals surface area contributed by atoms with Gasteiger partial charge in [0.05, 0.1) is 12.7 Å². The topological polar surface area (TPSA) is 99.8 Å². The van der Waals surface area contributed by atoms with Crippen molar-refractivity contribution in [1.82, 2.24) is 20.9 Å². The number of benzene rings is 1. The third kappa shape index (κ3) is 3.53. The second-order valence-electron chi connectivity index (χ2n) is 8.93. The molecule has 160 valence electrons. The molecular weight excluding hydrogens is 384 g/mol. The van der Waals surface area contributed by atoms with E-state index in [1.54, 1.807) is 4.90 Å². The van der Waals surface area contributed by atoms with Crippen LogP contribution in [-0.4, -0.2) is 60.0 Å². The van der Waals surface area contributed by atoms with E-state index in [-0.39, 0.29) is 35.8 Å². The number of carbonyl (C=O) groups excluding carboxylic acids is 3. The van der Waals surface area contributed by atoms with E-state index in [4.69, 9.17) is 4.74 Å². The van der Waals surface area contributed by atoms with Crippen LogP contribution in [0.25, 0.3) is 0 Å². The lowest BCUT2D eigenvalue weighted by atomic mass is 9.76. The van der Waals surface area contributed by atoms with Gasteiger partial charge in [0.1, 0.15) is 6.04 Å². The van der Waals surface area contributed by atoms with E-state index in [1.165, 1.54) is 19.3 Å². The molecule has 4 aliphatic rings. The molecule has 0 aromatic heterocycles. The summed E-state index contributed by atoms with van der Waals surface area (Å²) >= 11 is 0. The van der Waals surface area contributed by atoms with Gasteiger partial charge in [-0.15, -0.1) is 0 Å². The zero-order valence-electron chi connectivity index (χ0n) is 17.0. The molecule has 1 spiro atoms. The van der Waals surface area contributed by atoms with E-state index in [2.05, 4.69) is 16.0 Å². The number of carbonyl (C=O) groups is 3. The van der Waals surface area contributed by atoms with Gasteiger partial charge in [-0.3, -0.25) is 19.7 Å². The molecule has 30 heavy (non-hydrogen) atoms. The molecular formula is C22H28N4O4. The molecule has 1 aromatic carbocycles. The Morgan fingerprint density at radius 1 is 1.23 bits per heavy atom. The minimum Gasteiger partial charge on any atom is -0.374 e. The van der Waals surface area contributed by atoms with E-state index in [0.29, 0.717) is 25.1 Å². The fourth-order valence-electron chi connectivity index (χ4n) is 4.98. The molecule has 3 N–H and O–H groups in total. The van der Waals surface area contributed by atoms with Crippen molar-refractivity contribution in [3.8, 4) is 0 Å². The van der Waals surface area contributed by atoms with Gasteiger partial charge in [-0.1, -0.05) is 18.2 Å². The number of rotatable bonds is 5. The number of piperidine rings is 1. The average molecular weight is 412 g/mol. The van der Waals surface area contributed by atoms with E-state index >= 15 is 0 Å². The SMILES string of the molecule is O=C1CCC(N2Cc3cccc(CNCC4CNC5(CCC5)CO4)c3C2=O)C(=O)N1. The smallest absolute Gasteiger partial charge is 0.255 e. The van der Waals surface area contributed by atoms with Gasteiger partial charge in [0, 0.05) is 43.7 Å². The molecule has 8 heteroatoms. The maximum atomic E-state index is 13.1. The lowest BCUT2D eigenvalue weighted by Crippen LogP contribution is -2.62. The highest BCUT2D eigenvalue weighted by molar-refractivity contribution is 6.05. The molecule has 1 saturated carbocycles. The summed E-state index contributed by atoms with van der Waals surface area (Å²) in [6.45, 7) is 3.33. The number of amides is 3. The lowest BCUT2D eigenvalue weighted by molar-refractivity contribution is -0.136. The Labute approximate surface area is 175 Å². The molecule has 2 atom stereocenters. The first-order chi connectivity index (χ1) is 14.5. The Balaban J connectivity index is 1.20. The van der Waals surface area contributed by atoms with Crippen molar-refractivity contribution in [2.24, 2.45) is 0 Å². The number of ether oxygens (including phenoxy) is 1. The predicted octanol–water partition coefficient (Wildman–Crippen LogP) is 0.448. The van der Waals surface area contributed by atoms with E-state index < -0.39 is 6.04 Å². The van der Waals surface area contributed by atoms with Crippen molar-refractivity contribution in [3.63, 3.8) is 0 Å². The highest BCUT2D eigenvalue weighted by Crippen LogP contribution is 2.34. The first kappa shape index (κ1) is 19.7. The molecule has 2 saturated heterocycles. The Morgan fingerprint density at radius 2 is 2.10 bits per heavy atom. The van der Waals surface area contributed by atoms with Crippen LogP contribution in [0.3, 0.4) is 0 Å². The second kappa shape index (κ2) is 7.76. The summed E-state index contributed by atoms with van der Waals surface area (Å²) in [7, 11) is 0. The summed E-state index contributed by atoms with van der Waals surface area (Å²) in [5.41, 5.74) is 2.78. The molecule has 3 aliphatic heterocycles. The van der Waals surface area contributed by atoms with Crippen LogP contribution >= 0.6 is 0 Å². The Hall–Kier alpha value is -2.29. The monoisotopic (exact) mass is 412 g/mol. The standard InChI is InChI=1S/C22H28N4O4/c27-18-6-5-17(20(28)25-18)26-12-15-4-1-3-14(19(15)21(26)29)9-23-10-16-11-24-22(13-30-16)7-2-8-22/h1,3-4,16-17,23-24H,2,5-13H2,(H,25,27,28). The summed E-state index contributed by atoms with van der Waals surface area (Å²) < 4.78 is 6.03. The van der Waals surface area contributed by atoms with Crippen LogP contribution in [0.2, 0.25) is 0 Å². The molecule has 0 radical (unpaired) electrons. The number of fused-ring (bicyclic) bond motifs is 1. The highest BCUT2D eigenvalue weighted by atomic mass is 16.5. The summed E-state index contributed by atoms with van der Waals surface area (Å²) in [6, 6.07) is 5.27. The van der Waals surface area contributed by atoms with Crippen LogP contribution in [-0.2, 0) is 27.4 Å². The molecule has 1 aliphatic carbocycles. The minimum absolute atomic E-state index is 0.126. The lowest BCUT2D eigenvalue weighted by Gasteiger charge is -2.47. The number of hydrogen-bond donors (Lipinski definition) is 3. The molecule has 5 rings (SSSR count). The molecule has 2 unspecified atom stereocenters. The summed E-state index contributed by atoms with van der Waals surface area (Å²) in [5.74, 6) is -0.773. The zero-order chi connectivity index (χ0) is 20.7. The van der Waals surface area contributed by atoms with Crippen LogP contribution in [0.5, 0.6) is 0 Å². The fourth-order valence-corrected chi connectivity index (χ4v) is 4.98. The van der Waals surface area contributed by atoms with Gasteiger partial charge >= 0.3 is 0 Å². The summed E-state index contributed by atoms with van der Waals surface area (Å²) in [6.07, 6.45) is 4.46. The number of morpholine rings is 1. The van der Waals surface area contributed by atoms with Crippen molar-refractivity contribution >= 4 is 17.7 Å². The van der Waals surface area contributed by atoms with Crippen LogP contribution in [0.15, 0.2) is 18.2 Å². The van der Waals surface area contributed by atoms with Crippen LogP contribution in [0.4, 0.5) is 0 Å². The Kier molecular flexibility index (Phi) is 5.08. The predicted molar refractivity (Wildman–Crippen MR) is 109 cm³/mol. The summed E-state index contributed by atoms with van der Waals surface area (Å²) in [4.78, 5) is 38.4. The van der Waals surface area contributed by atoms with Gasteiger partial charge in [-0.25, -0.2) is 0 Å². The third-order valence-corrected chi connectivity index (χ3v) is 6.94. The number of nitrogens with one attached hydrogen (secondary N) is 3. The van der Waals surface area contributed by atoms with Crippen LogP contribution in [0, 0.1) is 0 Å². The average Bonchev–Trinajstić information content (AvgIpc) is 3.05. The van der Waals surface area contributed by atoms with Gasteiger partial charge in [-0.2, -0.15) is 0 Å². The van der Waals surface area contributed by atoms with Gasteiger partial charge in [-0.05, 0) is 36.8 Å². The van der Waals surface area contributed by atoms with Crippen molar-refractivity contribution in [1.29, 1.82) is 0 Å². The minimum atomic E-state index is -0.580. The molecule has 3 fully saturated rings. The van der Waals surface area contributed by atoms with Crippen molar-refractivity contribution in [3.05, 3.63) is 34.9 Å². The van der Waals surface area contributed by atoms with Gasteiger partial charge < -0.3 is 20.3 Å². The van der Waals surface area contributed by atoms with Crippen LogP contribution < -0.4 is 16.0 Å². The van der Waals surface area contributed by atoms with Gasteiger partial charge in [0.15, 0.2) is 0 Å². The number of nitrogens with zero attached hydrogens (tertiary/aromatic N) is 1. The van der Waals surface area contributed by atoms with Gasteiger partial charge in [0.2, 0.25) is 11.8 Å². The molecule has 0 bridgehead atoms. The summed E-state index contributed by atoms with van der Waals surface area (Å²) in [5, 5.41) is 9.42. The molecule has 3 amide bonds. The molecule has 1 aromatic rings. The first-order valence-electron chi connectivity index (χ1n) is 10.9. The Morgan fingerprint density at radius 3 is 2.80 bits per heavy atom. The second-order valence-corrected chi connectivity index (χ2v) is 8.93. The van der Waals surface area contributed by atoms with E-state index in [0.717, 1.165) is 30.8 Å². The number of hydrogen-bond acceptors (Lipinski definition) is 6. The quantitative estimate of drug-likeness (QED) is 0.608. The first-order valence-corrected chi connectivity index (χ1v) is 10.9. The van der Waals surface area contributed by atoms with E-state index in [1.807, 2.05) is 18.2 Å². The van der Waals surface area contributed by atoms with Crippen molar-refractivity contribution in [2.45, 2.75) is 62.9 Å². The maximum Gasteiger partial charge on any atom is 0.255 e. The largest absolute Gasteiger partial charge is 0.374 e. The van der Waals surface area contributed by atoms with Gasteiger partial charge in [0.25, 0.3) is 5.91 Å². The Bertz CT molecular complexity index is 872. The third-order valence-electron chi connectivity index (χ3n) is 6.94. The zero-order valence-corrected chi connectivity index (χ0v) is 17.0. The highest BCUT2D eigenvalue weighted by Gasteiger charge is 2.41. The molecule has 3 heterocycles. The van der Waals surface area contributed by atoms with Crippen LogP contribution in [0.1, 0.15) is 53.6 Å². The molecule has 8 nitrogen and oxygen atoms in total. The fraction of sp³-hybridized carbons (Fsp3) is 0.591. The maximum absolute atomic E-state index is 13.1. The van der Waals surface area contributed by atoms with Crippen molar-refractivity contribution < 1.29 is 19.1 Å². The normalized spacial score (nSPS) is 27.7.